The van der Waals surface area contributed by atoms with Gasteiger partial charge < -0.3 is 10.0 Å². The lowest BCUT2D eigenvalue weighted by Gasteiger charge is -2.10. The normalized spacial score (nSPS) is 9.22. The van der Waals surface area contributed by atoms with Crippen LogP contribution < -0.4 is 5.84 Å². The van der Waals surface area contributed by atoms with Crippen molar-refractivity contribution in [3.8, 4) is 12.3 Å². The predicted octanol–water partition coefficient (Wildman–Crippen LogP) is -2.19. The second-order valence-electron chi connectivity index (χ2n) is 1.61. The van der Waals surface area contributed by atoms with Gasteiger partial charge in [-0.2, -0.15) is 0 Å². The third-order valence-corrected chi connectivity index (χ3v) is 0.692. The molecule has 0 unspecified atom stereocenters. The fraction of sp³-hybridized carbons (Fsp3) is 0.500. The van der Waals surface area contributed by atoms with Gasteiger partial charge in [0.05, 0.1) is 6.54 Å². The molecule has 0 amide bonds. The van der Waals surface area contributed by atoms with Crippen LogP contribution in [0.2, 0.25) is 0 Å². The average Bonchev–Trinajstić information content (AvgIpc) is 1.63. The maximum absolute atomic E-state index is 8.31. The van der Waals surface area contributed by atoms with Crippen LogP contribution in [0.5, 0.6) is 0 Å². The van der Waals surface area contributed by atoms with Crippen molar-refractivity contribution >= 4 is 7.12 Å². The van der Waals surface area contributed by atoms with Gasteiger partial charge in [0.2, 0.25) is 0 Å². The number of hydrogen-bond donors (Lipinski definition) is 3. The van der Waals surface area contributed by atoms with Crippen LogP contribution in [-0.2, 0) is 0 Å². The maximum Gasteiger partial charge on any atom is 0.468 e. The standard InChI is InChI=1S/C4H9BN2O2/c1-2-3-7(6)4-5(8)9/h1,8-9H,3-4,6H2. The van der Waals surface area contributed by atoms with E-state index in [1.807, 2.05) is 0 Å². The predicted molar refractivity (Wildman–Crippen MR) is 34.8 cm³/mol. The molecule has 0 radical (unpaired) electrons. The van der Waals surface area contributed by atoms with Crippen LogP contribution in [0.1, 0.15) is 0 Å². The third kappa shape index (κ3) is 5.33. The summed E-state index contributed by atoms with van der Waals surface area (Å²) in [4.78, 5) is 0. The fourth-order valence-corrected chi connectivity index (χ4v) is 0.392. The molecule has 0 saturated carbocycles. The smallest absolute Gasteiger partial charge is 0.426 e. The highest BCUT2D eigenvalue weighted by atomic mass is 16.4. The van der Waals surface area contributed by atoms with Crippen molar-refractivity contribution in [1.82, 2.24) is 5.01 Å². The van der Waals surface area contributed by atoms with Crippen molar-refractivity contribution in [3.63, 3.8) is 0 Å². The van der Waals surface area contributed by atoms with Gasteiger partial charge in [-0.15, -0.1) is 6.42 Å². The molecule has 0 aromatic rings. The van der Waals surface area contributed by atoms with Crippen molar-refractivity contribution < 1.29 is 10.0 Å². The van der Waals surface area contributed by atoms with Crippen LogP contribution in [0.15, 0.2) is 0 Å². The van der Waals surface area contributed by atoms with Gasteiger partial charge in [0.25, 0.3) is 0 Å². The van der Waals surface area contributed by atoms with Crippen LogP contribution in [0, 0.1) is 12.3 Å². The first-order chi connectivity index (χ1) is 4.16. The summed E-state index contributed by atoms with van der Waals surface area (Å²) in [6.07, 6.45) is 4.85. The van der Waals surface area contributed by atoms with Gasteiger partial charge in [-0.1, -0.05) is 5.92 Å². The highest BCUT2D eigenvalue weighted by Crippen LogP contribution is 1.75. The average molecular weight is 128 g/mol. The van der Waals surface area contributed by atoms with Gasteiger partial charge in [-0.05, 0) is 0 Å². The van der Waals surface area contributed by atoms with Gasteiger partial charge in [-0.3, -0.25) is 5.84 Å². The molecule has 50 valence electrons. The zero-order valence-electron chi connectivity index (χ0n) is 4.99. The molecule has 0 aliphatic carbocycles. The van der Waals surface area contributed by atoms with E-state index in [1.165, 1.54) is 0 Å². The lowest BCUT2D eigenvalue weighted by molar-refractivity contribution is 0.310. The molecule has 0 fully saturated rings. The summed E-state index contributed by atoms with van der Waals surface area (Å²) in [5.74, 6) is 7.41. The van der Waals surface area contributed by atoms with E-state index in [0.717, 1.165) is 5.01 Å². The summed E-state index contributed by atoms with van der Waals surface area (Å²) in [5, 5.41) is 17.8. The number of nitrogens with two attached hydrogens (primary N) is 1. The molecule has 4 N–H and O–H groups in total. The van der Waals surface area contributed by atoms with Crippen LogP contribution >= 0.6 is 0 Å². The molecule has 0 aliphatic heterocycles. The van der Waals surface area contributed by atoms with E-state index in [1.54, 1.807) is 0 Å². The van der Waals surface area contributed by atoms with Crippen molar-refractivity contribution in [1.29, 1.82) is 0 Å². The van der Waals surface area contributed by atoms with Gasteiger partial charge in [0.1, 0.15) is 0 Å². The van der Waals surface area contributed by atoms with E-state index in [2.05, 4.69) is 5.92 Å². The first kappa shape index (κ1) is 8.46. The van der Waals surface area contributed by atoms with E-state index in [-0.39, 0.29) is 13.0 Å². The van der Waals surface area contributed by atoms with Crippen LogP contribution in [0.3, 0.4) is 0 Å². The Morgan fingerprint density at radius 2 is 2.22 bits per heavy atom. The molecule has 0 bridgehead atoms. The molecule has 5 heteroatoms. The lowest BCUT2D eigenvalue weighted by Crippen LogP contribution is -2.40. The van der Waals surface area contributed by atoms with Gasteiger partial charge in [0, 0.05) is 6.44 Å². The molecule has 0 aromatic carbocycles. The summed E-state index contributed by atoms with van der Waals surface area (Å²) < 4.78 is 0. The Kier molecular flexibility index (Phi) is 4.10. The number of terminal acetylenes is 1. The fourth-order valence-electron chi connectivity index (χ4n) is 0.392. The first-order valence-electron chi connectivity index (χ1n) is 2.46. The second kappa shape index (κ2) is 4.35. The molecule has 0 rings (SSSR count). The number of hydrazine groups is 1. The van der Waals surface area contributed by atoms with E-state index in [4.69, 9.17) is 22.3 Å². The molecule has 0 spiro atoms. The van der Waals surface area contributed by atoms with Crippen LogP contribution in [-0.4, -0.2) is 35.2 Å². The summed E-state index contributed by atoms with van der Waals surface area (Å²) in [6.45, 7) is 0.220. The van der Waals surface area contributed by atoms with E-state index >= 15 is 0 Å². The Bertz CT molecular complexity index is 112. The highest BCUT2D eigenvalue weighted by Gasteiger charge is 2.09. The zero-order valence-corrected chi connectivity index (χ0v) is 4.99. The third-order valence-electron chi connectivity index (χ3n) is 0.692. The minimum atomic E-state index is -1.41. The first-order valence-corrected chi connectivity index (χ1v) is 2.46. The Morgan fingerprint density at radius 1 is 1.67 bits per heavy atom. The Hall–Kier alpha value is -0.535. The largest absolute Gasteiger partial charge is 0.468 e. The van der Waals surface area contributed by atoms with Crippen molar-refractivity contribution in [3.05, 3.63) is 0 Å². The molecule has 4 nitrogen and oxygen atoms in total. The molecule has 0 aliphatic rings. The quantitative estimate of drug-likeness (QED) is 0.175. The number of nitrogens with zero attached hydrogens (tertiary/aromatic N) is 1. The van der Waals surface area contributed by atoms with Gasteiger partial charge in [0.15, 0.2) is 0 Å². The van der Waals surface area contributed by atoms with Gasteiger partial charge >= 0.3 is 7.12 Å². The topological polar surface area (TPSA) is 69.7 Å². The monoisotopic (exact) mass is 128 g/mol. The number of rotatable bonds is 3. The van der Waals surface area contributed by atoms with Crippen LogP contribution in [0.25, 0.3) is 0 Å². The molecule has 0 atom stereocenters. The lowest BCUT2D eigenvalue weighted by atomic mass is 9.92. The molecule has 9 heavy (non-hydrogen) atoms. The summed E-state index contributed by atoms with van der Waals surface area (Å²) >= 11 is 0. The molecule has 0 saturated heterocycles. The zero-order chi connectivity index (χ0) is 7.28. The minimum Gasteiger partial charge on any atom is -0.426 e. The van der Waals surface area contributed by atoms with E-state index < -0.39 is 7.12 Å². The highest BCUT2D eigenvalue weighted by molar-refractivity contribution is 6.41. The summed E-state index contributed by atoms with van der Waals surface area (Å²) in [5.41, 5.74) is 0. The number of hydrogen-bond acceptors (Lipinski definition) is 4. The molecular weight excluding hydrogens is 119 g/mol. The maximum atomic E-state index is 8.31. The Labute approximate surface area is 54.4 Å². The summed E-state index contributed by atoms with van der Waals surface area (Å²) in [6, 6.07) is 0. The SMILES string of the molecule is C#CCN(N)CB(O)O. The molecular formula is C4H9BN2O2. The van der Waals surface area contributed by atoms with E-state index in [0.29, 0.717) is 0 Å². The molecule has 0 aromatic heterocycles. The van der Waals surface area contributed by atoms with Crippen molar-refractivity contribution in [2.45, 2.75) is 0 Å². The minimum absolute atomic E-state index is 0.0236. The van der Waals surface area contributed by atoms with Crippen molar-refractivity contribution in [2.24, 2.45) is 5.84 Å². The van der Waals surface area contributed by atoms with Gasteiger partial charge in [-0.25, -0.2) is 5.01 Å². The summed E-state index contributed by atoms with van der Waals surface area (Å²) in [7, 11) is -1.41. The van der Waals surface area contributed by atoms with Crippen molar-refractivity contribution in [2.75, 3.05) is 13.0 Å². The Balaban J connectivity index is 3.29. The van der Waals surface area contributed by atoms with E-state index in [9.17, 15) is 0 Å². The Morgan fingerprint density at radius 3 is 2.56 bits per heavy atom. The molecule has 0 heterocycles. The van der Waals surface area contributed by atoms with Crippen LogP contribution in [0.4, 0.5) is 0 Å². The second-order valence-corrected chi connectivity index (χ2v) is 1.61.